The van der Waals surface area contributed by atoms with E-state index in [1.165, 1.54) is 39.1 Å². The molecule has 0 spiro atoms. The summed E-state index contributed by atoms with van der Waals surface area (Å²) in [6.45, 7) is 8.95. The van der Waals surface area contributed by atoms with E-state index in [0.29, 0.717) is 0 Å². The highest BCUT2D eigenvalue weighted by Crippen LogP contribution is 2.34. The first-order valence-corrected chi connectivity index (χ1v) is 11.8. The molecule has 0 N–H and O–H groups in total. The lowest BCUT2D eigenvalue weighted by molar-refractivity contribution is 0.641. The molecule has 2 heteroatoms. The molecule has 1 heterocycles. The van der Waals surface area contributed by atoms with E-state index in [1.54, 1.807) is 0 Å². The van der Waals surface area contributed by atoms with E-state index in [9.17, 15) is 0 Å². The second-order valence-corrected chi connectivity index (χ2v) is 9.51. The van der Waals surface area contributed by atoms with Crippen molar-refractivity contribution in [3.63, 3.8) is 0 Å². The van der Waals surface area contributed by atoms with Crippen molar-refractivity contribution in [2.45, 2.75) is 33.1 Å². The Morgan fingerprint density at radius 1 is 0.618 bits per heavy atom. The number of hydrogen-bond donors (Lipinski definition) is 0. The first-order valence-electron chi connectivity index (χ1n) is 11.8. The summed E-state index contributed by atoms with van der Waals surface area (Å²) in [5.74, 6) is 0.965. The molecule has 34 heavy (non-hydrogen) atoms. The van der Waals surface area contributed by atoms with Crippen LogP contribution in [0.5, 0.6) is 0 Å². The molecule has 168 valence electrons. The first-order chi connectivity index (χ1) is 16.4. The molecule has 0 saturated heterocycles. The molecular weight excluding hydrogens is 412 g/mol. The summed E-state index contributed by atoms with van der Waals surface area (Å²) in [5.41, 5.74) is 9.87. The van der Waals surface area contributed by atoms with Gasteiger partial charge >= 0.3 is 0 Å². The van der Waals surface area contributed by atoms with Gasteiger partial charge in [0.1, 0.15) is 5.82 Å². The smallest absolute Gasteiger partial charge is 0.144 e. The lowest BCUT2D eigenvalue weighted by Gasteiger charge is -2.26. The highest BCUT2D eigenvalue weighted by atomic mass is 15.1. The molecule has 0 unspecified atom stereocenters. The second kappa shape index (κ2) is 8.79. The Morgan fingerprint density at radius 2 is 1.18 bits per heavy atom. The van der Waals surface area contributed by atoms with Gasteiger partial charge in [-0.1, -0.05) is 98.8 Å². The maximum atomic E-state index is 4.65. The van der Waals surface area contributed by atoms with Gasteiger partial charge in [0, 0.05) is 23.4 Å². The SMILES string of the molecule is Cc1cc(-c2ccc(C(C)(C)c3ccccc3)cc2)cc(C)c1-n1ccnc1-c1ccccc1. The third kappa shape index (κ3) is 3.97. The fourth-order valence-electron chi connectivity index (χ4n) is 4.89. The maximum Gasteiger partial charge on any atom is 0.144 e. The molecule has 0 aliphatic rings. The molecule has 1 aromatic heterocycles. The summed E-state index contributed by atoms with van der Waals surface area (Å²) >= 11 is 0. The highest BCUT2D eigenvalue weighted by molar-refractivity contribution is 5.70. The van der Waals surface area contributed by atoms with Crippen molar-refractivity contribution in [1.82, 2.24) is 9.55 Å². The highest BCUT2D eigenvalue weighted by Gasteiger charge is 2.22. The van der Waals surface area contributed by atoms with Crippen LogP contribution in [-0.4, -0.2) is 9.55 Å². The Hall–Kier alpha value is -3.91. The number of hydrogen-bond acceptors (Lipinski definition) is 1. The van der Waals surface area contributed by atoms with Crippen molar-refractivity contribution < 1.29 is 0 Å². The monoisotopic (exact) mass is 442 g/mol. The van der Waals surface area contributed by atoms with Crippen LogP contribution in [0.4, 0.5) is 0 Å². The zero-order chi connectivity index (χ0) is 23.7. The van der Waals surface area contributed by atoms with E-state index in [0.717, 1.165) is 11.4 Å². The van der Waals surface area contributed by atoms with E-state index in [2.05, 4.69) is 134 Å². The summed E-state index contributed by atoms with van der Waals surface area (Å²) in [6.07, 6.45) is 3.93. The van der Waals surface area contributed by atoms with Crippen molar-refractivity contribution >= 4 is 0 Å². The van der Waals surface area contributed by atoms with Crippen LogP contribution in [-0.2, 0) is 5.41 Å². The van der Waals surface area contributed by atoms with Crippen LogP contribution >= 0.6 is 0 Å². The summed E-state index contributed by atoms with van der Waals surface area (Å²) < 4.78 is 2.20. The Labute approximate surface area is 202 Å². The predicted octanol–water partition coefficient (Wildman–Crippen LogP) is 8.15. The molecule has 5 rings (SSSR count). The molecule has 0 aliphatic carbocycles. The summed E-state index contributed by atoms with van der Waals surface area (Å²) in [4.78, 5) is 4.65. The molecule has 0 fully saturated rings. The normalized spacial score (nSPS) is 11.5. The van der Waals surface area contributed by atoms with Gasteiger partial charge in [0.25, 0.3) is 0 Å². The van der Waals surface area contributed by atoms with Gasteiger partial charge < -0.3 is 0 Å². The van der Waals surface area contributed by atoms with Crippen LogP contribution in [0.1, 0.15) is 36.1 Å². The van der Waals surface area contributed by atoms with Crippen molar-refractivity contribution in [3.05, 3.63) is 132 Å². The predicted molar refractivity (Wildman–Crippen MR) is 142 cm³/mol. The average molecular weight is 443 g/mol. The number of benzene rings is 4. The zero-order valence-corrected chi connectivity index (χ0v) is 20.3. The van der Waals surface area contributed by atoms with Crippen molar-refractivity contribution in [1.29, 1.82) is 0 Å². The van der Waals surface area contributed by atoms with Gasteiger partial charge in [-0.3, -0.25) is 4.57 Å². The number of imidazole rings is 1. The Kier molecular flexibility index (Phi) is 5.67. The van der Waals surface area contributed by atoms with E-state index in [-0.39, 0.29) is 5.41 Å². The first kappa shape index (κ1) is 21.9. The van der Waals surface area contributed by atoms with Crippen molar-refractivity contribution in [3.8, 4) is 28.2 Å². The standard InChI is InChI=1S/C32H30N2/c1-23-21-27(25-15-17-29(18-16-25)32(3,4)28-13-9-6-10-14-28)22-24(2)30(23)34-20-19-33-31(34)26-11-7-5-8-12-26/h5-22H,1-4H3. The van der Waals surface area contributed by atoms with Crippen LogP contribution in [0.25, 0.3) is 28.2 Å². The van der Waals surface area contributed by atoms with E-state index in [1.807, 2.05) is 12.3 Å². The van der Waals surface area contributed by atoms with Crippen LogP contribution in [0, 0.1) is 13.8 Å². The lowest BCUT2D eigenvalue weighted by atomic mass is 9.78. The lowest BCUT2D eigenvalue weighted by Crippen LogP contribution is -2.18. The second-order valence-electron chi connectivity index (χ2n) is 9.51. The summed E-state index contributed by atoms with van der Waals surface area (Å²) in [7, 11) is 0. The van der Waals surface area contributed by atoms with Gasteiger partial charge in [-0.2, -0.15) is 0 Å². The third-order valence-corrected chi connectivity index (χ3v) is 6.84. The summed E-state index contributed by atoms with van der Waals surface area (Å²) in [6, 6.07) is 34.7. The van der Waals surface area contributed by atoms with Gasteiger partial charge in [0.05, 0.1) is 5.69 Å². The Bertz CT molecular complexity index is 1390. The molecular formula is C32H30N2. The van der Waals surface area contributed by atoms with Gasteiger partial charge in [0.15, 0.2) is 0 Å². The average Bonchev–Trinajstić information content (AvgIpc) is 3.34. The molecule has 0 aliphatic heterocycles. The van der Waals surface area contributed by atoms with E-state index in [4.69, 9.17) is 0 Å². The largest absolute Gasteiger partial charge is 0.299 e. The maximum absolute atomic E-state index is 4.65. The minimum atomic E-state index is -0.0370. The zero-order valence-electron chi connectivity index (χ0n) is 20.3. The Balaban J connectivity index is 1.49. The summed E-state index contributed by atoms with van der Waals surface area (Å²) in [5, 5.41) is 0. The number of aromatic nitrogens is 2. The van der Waals surface area contributed by atoms with Crippen LogP contribution in [0.15, 0.2) is 109 Å². The van der Waals surface area contributed by atoms with Gasteiger partial charge in [0.2, 0.25) is 0 Å². The quantitative estimate of drug-likeness (QED) is 0.268. The van der Waals surface area contributed by atoms with Gasteiger partial charge in [-0.15, -0.1) is 0 Å². The number of rotatable bonds is 5. The molecule has 0 bridgehead atoms. The molecule has 2 nitrogen and oxygen atoms in total. The van der Waals surface area contributed by atoms with Crippen LogP contribution in [0.2, 0.25) is 0 Å². The number of aryl methyl sites for hydroxylation is 2. The molecule has 0 radical (unpaired) electrons. The van der Waals surface area contributed by atoms with E-state index >= 15 is 0 Å². The fourth-order valence-corrected chi connectivity index (χ4v) is 4.89. The van der Waals surface area contributed by atoms with Gasteiger partial charge in [-0.25, -0.2) is 4.98 Å². The molecule has 0 amide bonds. The number of nitrogens with zero attached hydrogens (tertiary/aromatic N) is 2. The van der Waals surface area contributed by atoms with Crippen molar-refractivity contribution in [2.24, 2.45) is 0 Å². The van der Waals surface area contributed by atoms with Crippen LogP contribution < -0.4 is 0 Å². The fraction of sp³-hybridized carbons (Fsp3) is 0.156. The third-order valence-electron chi connectivity index (χ3n) is 6.84. The molecule has 5 aromatic rings. The minimum Gasteiger partial charge on any atom is -0.299 e. The Morgan fingerprint density at radius 3 is 1.79 bits per heavy atom. The molecule has 0 atom stereocenters. The molecule has 0 saturated carbocycles. The van der Waals surface area contributed by atoms with Crippen molar-refractivity contribution in [2.75, 3.05) is 0 Å². The minimum absolute atomic E-state index is 0.0370. The van der Waals surface area contributed by atoms with Crippen LogP contribution in [0.3, 0.4) is 0 Å². The topological polar surface area (TPSA) is 17.8 Å². The van der Waals surface area contributed by atoms with E-state index < -0.39 is 0 Å². The van der Waals surface area contributed by atoms with Gasteiger partial charge in [-0.05, 0) is 59.4 Å². The molecule has 4 aromatic carbocycles.